The van der Waals surface area contributed by atoms with E-state index in [4.69, 9.17) is 0 Å². The Bertz CT molecular complexity index is 879. The minimum Gasteiger partial charge on any atom is -0.356 e. The molecule has 1 atom stereocenters. The van der Waals surface area contributed by atoms with Crippen LogP contribution in [0.2, 0.25) is 0 Å². The monoisotopic (exact) mass is 381 g/mol. The zero-order valence-electron chi connectivity index (χ0n) is 14.8. The van der Waals surface area contributed by atoms with Crippen LogP contribution in [0.5, 0.6) is 0 Å². The van der Waals surface area contributed by atoms with Crippen molar-refractivity contribution in [2.24, 2.45) is 0 Å². The van der Waals surface area contributed by atoms with Crippen molar-refractivity contribution in [3.05, 3.63) is 35.0 Å². The number of fused-ring (bicyclic) bond motifs is 1. The van der Waals surface area contributed by atoms with Crippen LogP contribution in [0, 0.1) is 18.6 Å². The maximum absolute atomic E-state index is 13.8. The SMILES string of the molecule is Cc1[nH]c2c(F)cc(F)cc2c1CCNC(=O)C1CSC(C)(C)C(=O)N1. The van der Waals surface area contributed by atoms with Gasteiger partial charge in [0, 0.05) is 29.4 Å². The Morgan fingerprint density at radius 1 is 1.38 bits per heavy atom. The first-order chi connectivity index (χ1) is 12.2. The summed E-state index contributed by atoms with van der Waals surface area (Å²) >= 11 is 1.44. The molecule has 1 fully saturated rings. The molecule has 2 heterocycles. The molecule has 0 saturated carbocycles. The molecule has 26 heavy (non-hydrogen) atoms. The van der Waals surface area contributed by atoms with E-state index in [1.165, 1.54) is 17.8 Å². The first-order valence-corrected chi connectivity index (χ1v) is 9.36. The lowest BCUT2D eigenvalue weighted by Gasteiger charge is -2.32. The summed E-state index contributed by atoms with van der Waals surface area (Å²) in [6.45, 7) is 5.73. The fourth-order valence-electron chi connectivity index (χ4n) is 3.03. The van der Waals surface area contributed by atoms with Gasteiger partial charge in [0.1, 0.15) is 17.7 Å². The topological polar surface area (TPSA) is 74.0 Å². The van der Waals surface area contributed by atoms with E-state index in [1.807, 2.05) is 13.8 Å². The second kappa shape index (κ2) is 6.90. The second-order valence-electron chi connectivity index (χ2n) is 6.93. The maximum Gasteiger partial charge on any atom is 0.243 e. The van der Waals surface area contributed by atoms with Gasteiger partial charge in [0.2, 0.25) is 11.8 Å². The lowest BCUT2D eigenvalue weighted by Crippen LogP contribution is -2.57. The van der Waals surface area contributed by atoms with E-state index in [0.29, 0.717) is 24.1 Å². The molecule has 1 aromatic heterocycles. The molecule has 3 N–H and O–H groups in total. The third-order valence-electron chi connectivity index (χ3n) is 4.60. The van der Waals surface area contributed by atoms with Gasteiger partial charge in [-0.05, 0) is 38.8 Å². The second-order valence-corrected chi connectivity index (χ2v) is 8.57. The number of aromatic nitrogens is 1. The summed E-state index contributed by atoms with van der Waals surface area (Å²) in [4.78, 5) is 27.2. The average Bonchev–Trinajstić information content (AvgIpc) is 2.86. The first kappa shape index (κ1) is 18.7. The van der Waals surface area contributed by atoms with Crippen LogP contribution in [0.3, 0.4) is 0 Å². The molecule has 5 nitrogen and oxygen atoms in total. The molecule has 1 aromatic carbocycles. The smallest absolute Gasteiger partial charge is 0.243 e. The van der Waals surface area contributed by atoms with Crippen molar-refractivity contribution in [1.29, 1.82) is 0 Å². The molecule has 0 spiro atoms. The number of hydrogen-bond donors (Lipinski definition) is 3. The third kappa shape index (κ3) is 3.56. The summed E-state index contributed by atoms with van der Waals surface area (Å²) in [5, 5.41) is 6.00. The van der Waals surface area contributed by atoms with Crippen molar-refractivity contribution in [1.82, 2.24) is 15.6 Å². The van der Waals surface area contributed by atoms with Crippen molar-refractivity contribution < 1.29 is 18.4 Å². The molecular weight excluding hydrogens is 360 g/mol. The Hall–Kier alpha value is -2.09. The Morgan fingerprint density at radius 3 is 2.81 bits per heavy atom. The van der Waals surface area contributed by atoms with Crippen molar-refractivity contribution in [3.8, 4) is 0 Å². The predicted octanol–water partition coefficient (Wildman–Crippen LogP) is 2.42. The molecule has 2 aromatic rings. The number of carbonyl (C=O) groups is 2. The number of rotatable bonds is 4. The average molecular weight is 381 g/mol. The van der Waals surface area contributed by atoms with Crippen LogP contribution in [0.4, 0.5) is 8.78 Å². The van der Waals surface area contributed by atoms with Gasteiger partial charge in [0.05, 0.1) is 10.3 Å². The van der Waals surface area contributed by atoms with Crippen LogP contribution >= 0.6 is 11.8 Å². The quantitative estimate of drug-likeness (QED) is 0.762. The van der Waals surface area contributed by atoms with E-state index in [9.17, 15) is 18.4 Å². The molecule has 0 bridgehead atoms. The number of aryl methyl sites for hydroxylation is 1. The van der Waals surface area contributed by atoms with E-state index in [0.717, 1.165) is 17.3 Å². The molecule has 1 unspecified atom stereocenters. The van der Waals surface area contributed by atoms with Gasteiger partial charge in [-0.3, -0.25) is 9.59 Å². The van der Waals surface area contributed by atoms with Crippen molar-refractivity contribution in [3.63, 3.8) is 0 Å². The Labute approximate surface area is 154 Å². The number of benzene rings is 1. The van der Waals surface area contributed by atoms with Gasteiger partial charge in [-0.1, -0.05) is 0 Å². The number of H-pyrrole nitrogens is 1. The van der Waals surface area contributed by atoms with Crippen molar-refractivity contribution >= 4 is 34.5 Å². The largest absolute Gasteiger partial charge is 0.356 e. The van der Waals surface area contributed by atoms with Crippen molar-refractivity contribution in [2.45, 2.75) is 38.0 Å². The third-order valence-corrected chi connectivity index (χ3v) is 6.01. The normalized spacial score (nSPS) is 19.4. The molecule has 1 aliphatic heterocycles. The molecule has 1 saturated heterocycles. The minimum atomic E-state index is -0.636. The summed E-state index contributed by atoms with van der Waals surface area (Å²) < 4.78 is 26.8. The minimum absolute atomic E-state index is 0.160. The van der Waals surface area contributed by atoms with Crippen molar-refractivity contribution in [2.75, 3.05) is 12.3 Å². The Balaban J connectivity index is 1.64. The molecule has 8 heteroatoms. The summed E-state index contributed by atoms with van der Waals surface area (Å²) in [6.07, 6.45) is 0.430. The Morgan fingerprint density at radius 2 is 2.12 bits per heavy atom. The first-order valence-electron chi connectivity index (χ1n) is 8.38. The van der Waals surface area contributed by atoms with Gasteiger partial charge in [-0.15, -0.1) is 11.8 Å². The fourth-order valence-corrected chi connectivity index (χ4v) is 4.04. The number of nitrogens with one attached hydrogen (secondary N) is 3. The van der Waals surface area contributed by atoms with E-state index in [1.54, 1.807) is 6.92 Å². The highest BCUT2D eigenvalue weighted by atomic mass is 32.2. The van der Waals surface area contributed by atoms with Gasteiger partial charge in [-0.2, -0.15) is 0 Å². The van der Waals surface area contributed by atoms with Crippen LogP contribution < -0.4 is 10.6 Å². The highest BCUT2D eigenvalue weighted by molar-refractivity contribution is 8.01. The molecular formula is C18H21F2N3O2S. The summed E-state index contributed by atoms with van der Waals surface area (Å²) in [6, 6.07) is 1.56. The summed E-state index contributed by atoms with van der Waals surface area (Å²) in [5.74, 6) is -1.18. The zero-order valence-corrected chi connectivity index (χ0v) is 15.7. The van der Waals surface area contributed by atoms with E-state index >= 15 is 0 Å². The summed E-state index contributed by atoms with van der Waals surface area (Å²) in [5.41, 5.74) is 1.77. The van der Waals surface area contributed by atoms with E-state index < -0.39 is 22.4 Å². The highest BCUT2D eigenvalue weighted by Crippen LogP contribution is 2.29. The lowest BCUT2D eigenvalue weighted by molar-refractivity contribution is -0.129. The number of thioether (sulfide) groups is 1. The van der Waals surface area contributed by atoms with Gasteiger partial charge in [0.25, 0.3) is 0 Å². The van der Waals surface area contributed by atoms with Crippen LogP contribution in [-0.2, 0) is 16.0 Å². The van der Waals surface area contributed by atoms with Gasteiger partial charge < -0.3 is 15.6 Å². The predicted molar refractivity (Wildman–Crippen MR) is 98.1 cm³/mol. The zero-order chi connectivity index (χ0) is 19.1. The lowest BCUT2D eigenvalue weighted by atomic mass is 10.1. The Kier molecular flexibility index (Phi) is 4.96. The molecule has 3 rings (SSSR count). The molecule has 0 radical (unpaired) electrons. The standard InChI is InChI=1S/C18H21F2N3O2S/c1-9-11(12-6-10(19)7-13(20)15(12)22-9)4-5-21-16(24)14-8-26-18(2,3)17(25)23-14/h6-7,14,22H,4-5,8H2,1-3H3,(H,21,24)(H,23,25). The van der Waals surface area contributed by atoms with Gasteiger partial charge in [-0.25, -0.2) is 8.78 Å². The van der Waals surface area contributed by atoms with E-state index in [2.05, 4.69) is 15.6 Å². The number of carbonyl (C=O) groups excluding carboxylic acids is 2. The molecule has 1 aliphatic rings. The van der Waals surface area contributed by atoms with Crippen LogP contribution in [0.15, 0.2) is 12.1 Å². The number of hydrogen-bond acceptors (Lipinski definition) is 3. The molecule has 140 valence electrons. The van der Waals surface area contributed by atoms with Gasteiger partial charge >= 0.3 is 0 Å². The summed E-state index contributed by atoms with van der Waals surface area (Å²) in [7, 11) is 0. The van der Waals surface area contributed by atoms with Crippen LogP contribution in [0.1, 0.15) is 25.1 Å². The fraction of sp³-hybridized carbons (Fsp3) is 0.444. The maximum atomic E-state index is 13.8. The molecule has 0 aliphatic carbocycles. The number of amides is 2. The molecule has 2 amide bonds. The number of aromatic amines is 1. The number of halogens is 2. The van der Waals surface area contributed by atoms with Crippen LogP contribution in [-0.4, -0.2) is 39.9 Å². The highest BCUT2D eigenvalue weighted by Gasteiger charge is 2.37. The van der Waals surface area contributed by atoms with Gasteiger partial charge in [0.15, 0.2) is 0 Å². The van der Waals surface area contributed by atoms with E-state index in [-0.39, 0.29) is 17.3 Å². The van der Waals surface area contributed by atoms with Crippen LogP contribution in [0.25, 0.3) is 10.9 Å².